The highest BCUT2D eigenvalue weighted by Crippen LogP contribution is 2.31. The first kappa shape index (κ1) is 13.6. The minimum Gasteiger partial charge on any atom is -0.495 e. The Balaban J connectivity index is 2.63. The van der Waals surface area contributed by atoms with Crippen LogP contribution < -0.4 is 10.1 Å². The topological polar surface area (TPSA) is 21.3 Å². The van der Waals surface area contributed by atoms with Crippen LogP contribution in [0.4, 0.5) is 0 Å². The second-order valence-corrected chi connectivity index (χ2v) is 4.45. The fraction of sp³-hybridized carbons (Fsp3) is 0.500. The van der Waals surface area contributed by atoms with E-state index in [2.05, 4.69) is 5.32 Å². The molecule has 0 fully saturated rings. The Hall–Kier alpha value is -0.440. The van der Waals surface area contributed by atoms with Gasteiger partial charge in [0.15, 0.2) is 0 Å². The van der Waals surface area contributed by atoms with Crippen LogP contribution in [-0.2, 0) is 6.42 Å². The van der Waals surface area contributed by atoms with Gasteiger partial charge in [0.2, 0.25) is 0 Å². The smallest absolute Gasteiger partial charge is 0.138 e. The Labute approximate surface area is 107 Å². The van der Waals surface area contributed by atoms with Crippen molar-refractivity contribution in [2.24, 2.45) is 0 Å². The molecule has 2 nitrogen and oxygen atoms in total. The molecule has 0 spiro atoms. The van der Waals surface area contributed by atoms with Crippen LogP contribution in [0.15, 0.2) is 12.1 Å². The largest absolute Gasteiger partial charge is 0.495 e. The van der Waals surface area contributed by atoms with E-state index in [4.69, 9.17) is 27.9 Å². The van der Waals surface area contributed by atoms with Gasteiger partial charge in [0.05, 0.1) is 12.1 Å². The number of unbranched alkanes of at least 4 members (excludes halogenated alkanes) is 1. The second kappa shape index (κ2) is 7.00. The first-order chi connectivity index (χ1) is 7.69. The van der Waals surface area contributed by atoms with Gasteiger partial charge in [0, 0.05) is 11.1 Å². The summed E-state index contributed by atoms with van der Waals surface area (Å²) in [7, 11) is 3.54. The third kappa shape index (κ3) is 3.85. The molecule has 16 heavy (non-hydrogen) atoms. The van der Waals surface area contributed by atoms with Crippen LogP contribution in [0.1, 0.15) is 18.4 Å². The molecular weight excluding hydrogens is 245 g/mol. The zero-order valence-corrected chi connectivity index (χ0v) is 11.2. The maximum atomic E-state index is 6.14. The molecule has 0 heterocycles. The molecule has 1 aromatic rings. The van der Waals surface area contributed by atoms with Crippen LogP contribution in [0.25, 0.3) is 0 Å². The molecule has 0 amide bonds. The van der Waals surface area contributed by atoms with Gasteiger partial charge in [-0.05, 0) is 44.5 Å². The van der Waals surface area contributed by atoms with Crippen molar-refractivity contribution in [2.75, 3.05) is 20.7 Å². The van der Waals surface area contributed by atoms with E-state index in [1.807, 2.05) is 13.1 Å². The Morgan fingerprint density at radius 2 is 1.94 bits per heavy atom. The molecule has 0 unspecified atom stereocenters. The summed E-state index contributed by atoms with van der Waals surface area (Å²) in [6, 6.07) is 3.67. The van der Waals surface area contributed by atoms with Crippen LogP contribution in [0, 0.1) is 0 Å². The van der Waals surface area contributed by atoms with Gasteiger partial charge in [0.25, 0.3) is 0 Å². The van der Waals surface area contributed by atoms with Crippen molar-refractivity contribution in [1.82, 2.24) is 5.32 Å². The fourth-order valence-corrected chi connectivity index (χ4v) is 2.05. The van der Waals surface area contributed by atoms with Crippen molar-refractivity contribution in [3.05, 3.63) is 27.7 Å². The van der Waals surface area contributed by atoms with Gasteiger partial charge in [-0.1, -0.05) is 23.2 Å². The van der Waals surface area contributed by atoms with Crippen LogP contribution in [-0.4, -0.2) is 20.7 Å². The van der Waals surface area contributed by atoms with E-state index in [1.165, 1.54) is 0 Å². The monoisotopic (exact) mass is 261 g/mol. The summed E-state index contributed by atoms with van der Waals surface area (Å²) in [4.78, 5) is 0. The Kier molecular flexibility index (Phi) is 5.96. The first-order valence-corrected chi connectivity index (χ1v) is 6.11. The lowest BCUT2D eigenvalue weighted by molar-refractivity contribution is 0.415. The maximum absolute atomic E-state index is 6.14. The molecule has 0 saturated heterocycles. The average molecular weight is 262 g/mol. The number of hydrogen-bond donors (Lipinski definition) is 1. The molecule has 4 heteroatoms. The molecule has 0 aliphatic carbocycles. The molecule has 0 bridgehead atoms. The van der Waals surface area contributed by atoms with Crippen LogP contribution >= 0.6 is 23.2 Å². The van der Waals surface area contributed by atoms with Crippen molar-refractivity contribution >= 4 is 23.2 Å². The third-order valence-corrected chi connectivity index (χ3v) is 3.09. The van der Waals surface area contributed by atoms with E-state index in [0.717, 1.165) is 36.4 Å². The second-order valence-electron chi connectivity index (χ2n) is 3.64. The van der Waals surface area contributed by atoms with Gasteiger partial charge >= 0.3 is 0 Å². The molecule has 0 radical (unpaired) electrons. The Morgan fingerprint density at radius 1 is 1.19 bits per heavy atom. The van der Waals surface area contributed by atoms with Crippen LogP contribution in [0.2, 0.25) is 10.0 Å². The van der Waals surface area contributed by atoms with Crippen molar-refractivity contribution in [1.29, 1.82) is 0 Å². The predicted octanol–water partition coefficient (Wildman–Crippen LogP) is 3.54. The lowest BCUT2D eigenvalue weighted by Gasteiger charge is -2.08. The third-order valence-electron chi connectivity index (χ3n) is 2.44. The molecule has 0 aromatic heterocycles. The molecule has 0 saturated carbocycles. The number of benzene rings is 1. The number of hydrogen-bond acceptors (Lipinski definition) is 2. The van der Waals surface area contributed by atoms with Gasteiger partial charge < -0.3 is 10.1 Å². The molecule has 1 N–H and O–H groups in total. The Morgan fingerprint density at radius 3 is 2.56 bits per heavy atom. The number of halogens is 2. The van der Waals surface area contributed by atoms with E-state index >= 15 is 0 Å². The minimum absolute atomic E-state index is 0.621. The maximum Gasteiger partial charge on any atom is 0.138 e. The standard InChI is InChI=1S/C12H17Cl2NO/c1-15-6-4-3-5-9-7-11(14)12(16-2)8-10(9)13/h7-8,15H,3-6H2,1-2H3. The molecule has 90 valence electrons. The molecular formula is C12H17Cl2NO. The summed E-state index contributed by atoms with van der Waals surface area (Å²) < 4.78 is 5.10. The van der Waals surface area contributed by atoms with E-state index in [1.54, 1.807) is 13.2 Å². The molecule has 1 aromatic carbocycles. The lowest BCUT2D eigenvalue weighted by atomic mass is 10.1. The van der Waals surface area contributed by atoms with Gasteiger partial charge in [0.1, 0.15) is 5.75 Å². The number of methoxy groups -OCH3 is 1. The number of nitrogens with one attached hydrogen (secondary N) is 1. The SMILES string of the molecule is CNCCCCc1cc(Cl)c(OC)cc1Cl. The summed E-state index contributed by atoms with van der Waals surface area (Å²) in [6.45, 7) is 1.03. The minimum atomic E-state index is 0.621. The number of rotatable bonds is 6. The lowest BCUT2D eigenvalue weighted by Crippen LogP contribution is -2.07. The normalized spacial score (nSPS) is 10.5. The van der Waals surface area contributed by atoms with Crippen LogP contribution in [0.5, 0.6) is 5.75 Å². The quantitative estimate of drug-likeness (QED) is 0.792. The van der Waals surface area contributed by atoms with Crippen molar-refractivity contribution in [2.45, 2.75) is 19.3 Å². The molecule has 1 rings (SSSR count). The van der Waals surface area contributed by atoms with E-state index in [0.29, 0.717) is 10.8 Å². The van der Waals surface area contributed by atoms with Gasteiger partial charge in [-0.25, -0.2) is 0 Å². The van der Waals surface area contributed by atoms with E-state index < -0.39 is 0 Å². The summed E-state index contributed by atoms with van der Waals surface area (Å²) in [5.41, 5.74) is 1.09. The van der Waals surface area contributed by atoms with Gasteiger partial charge in [-0.3, -0.25) is 0 Å². The first-order valence-electron chi connectivity index (χ1n) is 5.35. The summed E-state index contributed by atoms with van der Waals surface area (Å²) in [5, 5.41) is 4.47. The van der Waals surface area contributed by atoms with E-state index in [-0.39, 0.29) is 0 Å². The van der Waals surface area contributed by atoms with E-state index in [9.17, 15) is 0 Å². The highest BCUT2D eigenvalue weighted by Gasteiger charge is 2.07. The summed E-state index contributed by atoms with van der Waals surface area (Å²) in [5.74, 6) is 0.630. The zero-order chi connectivity index (χ0) is 12.0. The highest BCUT2D eigenvalue weighted by molar-refractivity contribution is 6.34. The van der Waals surface area contributed by atoms with Crippen molar-refractivity contribution in [3.63, 3.8) is 0 Å². The summed E-state index contributed by atoms with van der Waals surface area (Å²) >= 11 is 12.2. The molecule has 0 aliphatic heterocycles. The molecule has 0 aliphatic rings. The van der Waals surface area contributed by atoms with Gasteiger partial charge in [-0.2, -0.15) is 0 Å². The van der Waals surface area contributed by atoms with Crippen LogP contribution in [0.3, 0.4) is 0 Å². The number of ether oxygens (including phenoxy) is 1. The average Bonchev–Trinajstić information content (AvgIpc) is 2.28. The highest BCUT2D eigenvalue weighted by atomic mass is 35.5. The summed E-state index contributed by atoms with van der Waals surface area (Å²) in [6.07, 6.45) is 3.18. The van der Waals surface area contributed by atoms with Crippen molar-refractivity contribution in [3.8, 4) is 5.75 Å². The molecule has 0 atom stereocenters. The van der Waals surface area contributed by atoms with Gasteiger partial charge in [-0.15, -0.1) is 0 Å². The predicted molar refractivity (Wildman–Crippen MR) is 69.9 cm³/mol. The van der Waals surface area contributed by atoms with Crippen molar-refractivity contribution < 1.29 is 4.74 Å². The fourth-order valence-electron chi connectivity index (χ4n) is 1.54. The Bertz CT molecular complexity index is 342. The zero-order valence-electron chi connectivity index (χ0n) is 9.65. The number of aryl methyl sites for hydroxylation is 1.